The largest absolute Gasteiger partial charge is 0.455 e. The van der Waals surface area contributed by atoms with Gasteiger partial charge in [0.15, 0.2) is 5.76 Å². The zero-order valence-electron chi connectivity index (χ0n) is 10.2. The molecule has 0 spiro atoms. The van der Waals surface area contributed by atoms with Gasteiger partial charge in [0.1, 0.15) is 5.76 Å². The van der Waals surface area contributed by atoms with Gasteiger partial charge in [0.2, 0.25) is 0 Å². The smallest absolute Gasteiger partial charge is 0.393 e. The molecule has 0 aromatic carbocycles. The second kappa shape index (κ2) is 5.24. The first-order chi connectivity index (χ1) is 8.91. The molecule has 2 N–H and O–H groups in total. The van der Waals surface area contributed by atoms with Crippen LogP contribution in [0.4, 0.5) is 13.2 Å². The van der Waals surface area contributed by atoms with Gasteiger partial charge in [-0.25, -0.2) is 0 Å². The second-order valence-electron chi connectivity index (χ2n) is 4.60. The molecule has 1 aliphatic rings. The number of carbonyl (C=O) groups excluding carboxylic acids is 1. The van der Waals surface area contributed by atoms with E-state index in [9.17, 15) is 18.0 Å². The molecular formula is C12H15F3N2O2. The molecule has 19 heavy (non-hydrogen) atoms. The van der Waals surface area contributed by atoms with Gasteiger partial charge in [-0.3, -0.25) is 4.79 Å². The van der Waals surface area contributed by atoms with Crippen LogP contribution in [0, 0.1) is 5.92 Å². The quantitative estimate of drug-likeness (QED) is 0.900. The van der Waals surface area contributed by atoms with Crippen LogP contribution in [0.5, 0.6) is 0 Å². The fourth-order valence-corrected chi connectivity index (χ4v) is 2.19. The number of amides is 1. The van der Waals surface area contributed by atoms with Gasteiger partial charge in [-0.15, -0.1) is 0 Å². The Hall–Kier alpha value is -1.50. The van der Waals surface area contributed by atoms with Crippen molar-refractivity contribution < 1.29 is 22.4 Å². The van der Waals surface area contributed by atoms with Gasteiger partial charge in [0, 0.05) is 13.1 Å². The number of nitrogens with two attached hydrogens (primary N) is 1. The first-order valence-electron chi connectivity index (χ1n) is 6.06. The van der Waals surface area contributed by atoms with Crippen molar-refractivity contribution in [3.63, 3.8) is 0 Å². The van der Waals surface area contributed by atoms with Crippen molar-refractivity contribution in [1.29, 1.82) is 0 Å². The molecule has 1 fully saturated rings. The number of hydrogen-bond donors (Lipinski definition) is 1. The summed E-state index contributed by atoms with van der Waals surface area (Å²) in [5.74, 6) is -1.47. The molecule has 4 nitrogen and oxygen atoms in total. The number of halogens is 3. The number of rotatable bonds is 2. The van der Waals surface area contributed by atoms with E-state index >= 15 is 0 Å². The summed E-state index contributed by atoms with van der Waals surface area (Å²) in [6.07, 6.45) is -3.84. The first kappa shape index (κ1) is 13.9. The Morgan fingerprint density at radius 2 is 2.21 bits per heavy atom. The number of alkyl halides is 3. The molecule has 7 heteroatoms. The Morgan fingerprint density at radius 1 is 1.47 bits per heavy atom. The van der Waals surface area contributed by atoms with Crippen LogP contribution >= 0.6 is 0 Å². The minimum absolute atomic E-state index is 0.0447. The molecule has 1 aliphatic heterocycles. The Kier molecular flexibility index (Phi) is 3.84. The van der Waals surface area contributed by atoms with E-state index in [4.69, 9.17) is 10.2 Å². The predicted octanol–water partition coefficient (Wildman–Crippen LogP) is 2.15. The van der Waals surface area contributed by atoms with E-state index < -0.39 is 18.0 Å². The molecule has 106 valence electrons. The minimum atomic E-state index is -4.26. The van der Waals surface area contributed by atoms with E-state index in [2.05, 4.69) is 0 Å². The minimum Gasteiger partial charge on any atom is -0.455 e. The zero-order valence-corrected chi connectivity index (χ0v) is 10.2. The van der Waals surface area contributed by atoms with E-state index in [0.717, 1.165) is 0 Å². The maximum Gasteiger partial charge on any atom is 0.393 e. The van der Waals surface area contributed by atoms with Crippen LogP contribution in [-0.4, -0.2) is 30.1 Å². The molecule has 2 rings (SSSR count). The lowest BCUT2D eigenvalue weighted by atomic mass is 9.97. The Morgan fingerprint density at radius 3 is 2.79 bits per heavy atom. The molecule has 2 heterocycles. The highest BCUT2D eigenvalue weighted by atomic mass is 19.4. The molecule has 0 saturated carbocycles. The van der Waals surface area contributed by atoms with E-state index in [1.54, 1.807) is 6.07 Å². The Balaban J connectivity index is 2.07. The summed E-state index contributed by atoms with van der Waals surface area (Å²) in [5.41, 5.74) is 5.35. The Bertz CT molecular complexity index is 456. The third kappa shape index (κ3) is 3.09. The standard InChI is InChI=1S/C12H15F3N2O2/c13-12(14,15)8-2-1-5-17(7-8)11(18)10-4-3-9(6-16)19-10/h3-4,8H,1-2,5-7,16H2/t8-/m1/s1. The van der Waals surface area contributed by atoms with Gasteiger partial charge in [-0.1, -0.05) is 0 Å². The van der Waals surface area contributed by atoms with Crippen LogP contribution in [0.2, 0.25) is 0 Å². The van der Waals surface area contributed by atoms with E-state index in [0.29, 0.717) is 18.7 Å². The molecule has 1 aromatic rings. The predicted molar refractivity (Wildman–Crippen MR) is 61.3 cm³/mol. The number of piperidine rings is 1. The maximum atomic E-state index is 12.7. The maximum absolute atomic E-state index is 12.7. The van der Waals surface area contributed by atoms with Crippen molar-refractivity contribution in [2.45, 2.75) is 25.6 Å². The van der Waals surface area contributed by atoms with Gasteiger partial charge in [-0.2, -0.15) is 13.2 Å². The lowest BCUT2D eigenvalue weighted by Crippen LogP contribution is -2.44. The molecule has 0 unspecified atom stereocenters. The van der Waals surface area contributed by atoms with E-state index in [1.807, 2.05) is 0 Å². The lowest BCUT2D eigenvalue weighted by Gasteiger charge is -2.33. The van der Waals surface area contributed by atoms with Crippen molar-refractivity contribution in [1.82, 2.24) is 4.90 Å². The van der Waals surface area contributed by atoms with Gasteiger partial charge in [-0.05, 0) is 25.0 Å². The summed E-state index contributed by atoms with van der Waals surface area (Å²) in [6, 6.07) is 3.00. The number of likely N-dealkylation sites (tertiary alicyclic amines) is 1. The average molecular weight is 276 g/mol. The van der Waals surface area contributed by atoms with Crippen LogP contribution in [-0.2, 0) is 6.54 Å². The molecule has 0 bridgehead atoms. The van der Waals surface area contributed by atoms with E-state index in [-0.39, 0.29) is 25.3 Å². The van der Waals surface area contributed by atoms with Crippen LogP contribution < -0.4 is 5.73 Å². The molecule has 0 aliphatic carbocycles. The van der Waals surface area contributed by atoms with Gasteiger partial charge in [0.25, 0.3) is 5.91 Å². The third-order valence-electron chi connectivity index (χ3n) is 3.25. The van der Waals surface area contributed by atoms with Gasteiger partial charge < -0.3 is 15.1 Å². The number of nitrogens with zero attached hydrogens (tertiary/aromatic N) is 1. The van der Waals surface area contributed by atoms with Crippen molar-refractivity contribution in [3.05, 3.63) is 23.7 Å². The first-order valence-corrected chi connectivity index (χ1v) is 6.06. The molecule has 1 amide bonds. The summed E-state index contributed by atoms with van der Waals surface area (Å²) in [7, 11) is 0. The topological polar surface area (TPSA) is 59.5 Å². The normalized spacial score (nSPS) is 20.6. The molecule has 1 saturated heterocycles. The fraction of sp³-hybridized carbons (Fsp3) is 0.583. The van der Waals surface area contributed by atoms with Crippen LogP contribution in [0.15, 0.2) is 16.5 Å². The van der Waals surface area contributed by atoms with Crippen LogP contribution in [0.1, 0.15) is 29.2 Å². The molecule has 1 aromatic heterocycles. The highest BCUT2D eigenvalue weighted by Gasteiger charge is 2.43. The number of carbonyl (C=O) groups is 1. The SMILES string of the molecule is NCc1ccc(C(=O)N2CCC[C@@H](C(F)(F)F)C2)o1. The number of furan rings is 1. The zero-order chi connectivity index (χ0) is 14.0. The van der Waals surface area contributed by atoms with Gasteiger partial charge in [0.05, 0.1) is 12.5 Å². The van der Waals surface area contributed by atoms with Crippen LogP contribution in [0.3, 0.4) is 0 Å². The summed E-state index contributed by atoms with van der Waals surface area (Å²) < 4.78 is 43.2. The average Bonchev–Trinajstić information content (AvgIpc) is 2.86. The molecular weight excluding hydrogens is 261 g/mol. The summed E-state index contributed by atoms with van der Waals surface area (Å²) >= 11 is 0. The van der Waals surface area contributed by atoms with Gasteiger partial charge >= 0.3 is 6.18 Å². The second-order valence-corrected chi connectivity index (χ2v) is 4.60. The monoisotopic (exact) mass is 276 g/mol. The summed E-state index contributed by atoms with van der Waals surface area (Å²) in [4.78, 5) is 13.2. The van der Waals surface area contributed by atoms with Crippen molar-refractivity contribution in [2.24, 2.45) is 11.7 Å². The third-order valence-corrected chi connectivity index (χ3v) is 3.25. The van der Waals surface area contributed by atoms with Crippen molar-refractivity contribution in [2.75, 3.05) is 13.1 Å². The van der Waals surface area contributed by atoms with E-state index in [1.165, 1.54) is 11.0 Å². The van der Waals surface area contributed by atoms with Crippen molar-refractivity contribution in [3.8, 4) is 0 Å². The summed E-state index contributed by atoms with van der Waals surface area (Å²) in [6.45, 7) is 0.170. The molecule has 0 radical (unpaired) electrons. The van der Waals surface area contributed by atoms with Crippen LogP contribution in [0.25, 0.3) is 0 Å². The number of hydrogen-bond acceptors (Lipinski definition) is 3. The van der Waals surface area contributed by atoms with Crippen molar-refractivity contribution >= 4 is 5.91 Å². The fourth-order valence-electron chi connectivity index (χ4n) is 2.19. The highest BCUT2D eigenvalue weighted by molar-refractivity contribution is 5.91. The lowest BCUT2D eigenvalue weighted by molar-refractivity contribution is -0.184. The summed E-state index contributed by atoms with van der Waals surface area (Å²) in [5, 5.41) is 0. The Labute approximate surface area is 108 Å². The highest BCUT2D eigenvalue weighted by Crippen LogP contribution is 2.33. The molecule has 1 atom stereocenters.